The lowest BCUT2D eigenvalue weighted by Gasteiger charge is -2.22. The first-order valence-corrected chi connectivity index (χ1v) is 13.5. The summed E-state index contributed by atoms with van der Waals surface area (Å²) in [6.45, 7) is 6.05. The second kappa shape index (κ2) is 11.2. The molecule has 1 aromatic carbocycles. The number of pyridine rings is 1. The van der Waals surface area contributed by atoms with Crippen LogP contribution in [0.2, 0.25) is 0 Å². The molecule has 0 radical (unpaired) electrons. The zero-order valence-electron chi connectivity index (χ0n) is 22.2. The van der Waals surface area contributed by atoms with E-state index < -0.39 is 11.8 Å². The molecular weight excluding hydrogens is 508 g/mol. The van der Waals surface area contributed by atoms with Crippen molar-refractivity contribution in [3.63, 3.8) is 0 Å². The number of halogens is 2. The Labute approximate surface area is 226 Å². The van der Waals surface area contributed by atoms with Crippen LogP contribution in [0.25, 0.3) is 0 Å². The summed E-state index contributed by atoms with van der Waals surface area (Å²) in [5.41, 5.74) is 0.971. The fourth-order valence-corrected chi connectivity index (χ4v) is 5.06. The molecule has 4 atom stereocenters. The zero-order valence-corrected chi connectivity index (χ0v) is 22.2. The number of carbonyl (C=O) groups is 2. The molecule has 5 rings (SSSR count). The van der Waals surface area contributed by atoms with Crippen molar-refractivity contribution in [2.24, 2.45) is 5.92 Å². The van der Waals surface area contributed by atoms with Gasteiger partial charge in [-0.25, -0.2) is 18.6 Å². The van der Waals surface area contributed by atoms with Gasteiger partial charge in [0.25, 0.3) is 5.92 Å². The molecule has 39 heavy (non-hydrogen) atoms. The van der Waals surface area contributed by atoms with Crippen LogP contribution in [0.4, 0.5) is 19.4 Å². The van der Waals surface area contributed by atoms with Crippen molar-refractivity contribution in [1.82, 2.24) is 20.5 Å². The fraction of sp³-hybridized carbons (Fsp3) is 0.536. The highest BCUT2D eigenvalue weighted by Gasteiger charge is 2.57. The zero-order chi connectivity index (χ0) is 27.6. The maximum absolute atomic E-state index is 13.0. The highest BCUT2D eigenvalue weighted by atomic mass is 19.3. The van der Waals surface area contributed by atoms with Crippen LogP contribution in [-0.4, -0.2) is 72.7 Å². The highest BCUT2D eigenvalue weighted by Crippen LogP contribution is 2.48. The van der Waals surface area contributed by atoms with Crippen LogP contribution in [0.1, 0.15) is 44.7 Å². The van der Waals surface area contributed by atoms with E-state index in [2.05, 4.69) is 20.5 Å². The van der Waals surface area contributed by atoms with Crippen molar-refractivity contribution in [3.05, 3.63) is 48.2 Å². The van der Waals surface area contributed by atoms with Crippen molar-refractivity contribution >= 4 is 17.8 Å². The molecule has 3 aliphatic rings. The second-order valence-electron chi connectivity index (χ2n) is 10.7. The summed E-state index contributed by atoms with van der Waals surface area (Å²) in [5, 5.41) is 5.90. The maximum Gasteiger partial charge on any atom is 0.317 e. The Morgan fingerprint density at radius 2 is 1.85 bits per heavy atom. The van der Waals surface area contributed by atoms with Crippen LogP contribution < -0.4 is 25.0 Å². The number of nitrogens with one attached hydrogen (secondary N) is 2. The summed E-state index contributed by atoms with van der Waals surface area (Å²) < 4.78 is 37.7. The maximum atomic E-state index is 13.0. The Morgan fingerprint density at radius 3 is 2.51 bits per heavy atom. The first-order chi connectivity index (χ1) is 18.7. The van der Waals surface area contributed by atoms with Gasteiger partial charge in [0.2, 0.25) is 5.91 Å². The predicted molar refractivity (Wildman–Crippen MR) is 141 cm³/mol. The van der Waals surface area contributed by atoms with E-state index in [9.17, 15) is 18.4 Å². The largest absolute Gasteiger partial charge is 0.491 e. The second-order valence-corrected chi connectivity index (χ2v) is 10.7. The third kappa shape index (κ3) is 6.88. The molecule has 0 bridgehead atoms. The molecule has 2 saturated heterocycles. The number of likely N-dealkylation sites (tertiary alicyclic amines) is 1. The van der Waals surface area contributed by atoms with Gasteiger partial charge in [-0.05, 0) is 43.2 Å². The van der Waals surface area contributed by atoms with Gasteiger partial charge in [0.05, 0.1) is 31.3 Å². The van der Waals surface area contributed by atoms with E-state index in [1.807, 2.05) is 37.3 Å². The monoisotopic (exact) mass is 543 g/mol. The van der Waals surface area contributed by atoms with Gasteiger partial charge in [0.1, 0.15) is 23.4 Å². The number of anilines is 1. The standard InChI is InChI=1S/C28H35F2N5O4/c1-18(32-27(37)35-11-9-22(15-35)33-19(2)36)20-3-5-23(6-4-20)39-25-10-12-34(16-25)26-8-7-24(14-31-26)38-17-21-13-28(21,29)30/h3-8,14,18,21-22,25H,9-13,15-17H2,1-2H3,(H,32,37)(H,33,36)/t18-,21?,22?,25?/m0/s1. The molecule has 0 spiro atoms. The van der Waals surface area contributed by atoms with Crippen LogP contribution in [0.3, 0.4) is 0 Å². The van der Waals surface area contributed by atoms with E-state index >= 15 is 0 Å². The Bertz CT molecular complexity index is 1160. The average Bonchev–Trinajstić information content (AvgIpc) is 3.26. The smallest absolute Gasteiger partial charge is 0.317 e. The molecule has 3 fully saturated rings. The number of hydrogen-bond donors (Lipinski definition) is 2. The molecule has 1 aliphatic carbocycles. The summed E-state index contributed by atoms with van der Waals surface area (Å²) in [5.74, 6) is -1.30. The molecular formula is C28H35F2N5O4. The van der Waals surface area contributed by atoms with Gasteiger partial charge in [0, 0.05) is 45.4 Å². The molecule has 3 amide bonds. The van der Waals surface area contributed by atoms with Gasteiger partial charge in [-0.1, -0.05) is 12.1 Å². The van der Waals surface area contributed by atoms with Crippen LogP contribution in [-0.2, 0) is 4.79 Å². The molecule has 1 aromatic heterocycles. The predicted octanol–water partition coefficient (Wildman–Crippen LogP) is 3.75. The topological polar surface area (TPSA) is 96.0 Å². The van der Waals surface area contributed by atoms with Crippen molar-refractivity contribution in [2.45, 2.75) is 57.2 Å². The molecule has 11 heteroatoms. The van der Waals surface area contributed by atoms with Crippen LogP contribution >= 0.6 is 0 Å². The molecule has 2 N–H and O–H groups in total. The summed E-state index contributed by atoms with van der Waals surface area (Å²) in [4.78, 5) is 32.2. The van der Waals surface area contributed by atoms with E-state index in [0.29, 0.717) is 25.4 Å². The number of carbonyl (C=O) groups excluding carboxylic acids is 2. The lowest BCUT2D eigenvalue weighted by atomic mass is 10.1. The quantitative estimate of drug-likeness (QED) is 0.500. The number of amides is 3. The minimum atomic E-state index is -2.58. The van der Waals surface area contributed by atoms with Crippen LogP contribution in [0.5, 0.6) is 11.5 Å². The Morgan fingerprint density at radius 1 is 1.10 bits per heavy atom. The number of rotatable bonds is 9. The molecule has 210 valence electrons. The van der Waals surface area contributed by atoms with Crippen molar-refractivity contribution in [1.29, 1.82) is 0 Å². The van der Waals surface area contributed by atoms with Crippen LogP contribution in [0, 0.1) is 5.92 Å². The molecule has 3 heterocycles. The van der Waals surface area contributed by atoms with Gasteiger partial charge in [-0.15, -0.1) is 0 Å². The van der Waals surface area contributed by atoms with Gasteiger partial charge < -0.3 is 29.9 Å². The average molecular weight is 544 g/mol. The van der Waals surface area contributed by atoms with Crippen LogP contribution in [0.15, 0.2) is 42.6 Å². The normalized spacial score (nSPS) is 24.3. The number of aromatic nitrogens is 1. The van der Waals surface area contributed by atoms with Crippen molar-refractivity contribution < 1.29 is 27.8 Å². The SMILES string of the molecule is CC(=O)NC1CCN(C(=O)N[C@@H](C)c2ccc(OC3CCN(c4ccc(OCC5CC5(F)F)cn4)C3)cc2)C1. The lowest BCUT2D eigenvalue weighted by Crippen LogP contribution is -2.42. The fourth-order valence-electron chi connectivity index (χ4n) is 5.06. The lowest BCUT2D eigenvalue weighted by molar-refractivity contribution is -0.119. The van der Waals surface area contributed by atoms with E-state index in [0.717, 1.165) is 36.5 Å². The summed E-state index contributed by atoms with van der Waals surface area (Å²) >= 11 is 0. The van der Waals surface area contributed by atoms with E-state index in [4.69, 9.17) is 9.47 Å². The van der Waals surface area contributed by atoms with E-state index in [1.54, 1.807) is 17.2 Å². The molecule has 3 unspecified atom stereocenters. The highest BCUT2D eigenvalue weighted by molar-refractivity contribution is 5.76. The summed E-state index contributed by atoms with van der Waals surface area (Å²) in [6.07, 6.45) is 3.09. The number of nitrogens with zero attached hydrogens (tertiary/aromatic N) is 3. The van der Waals surface area contributed by atoms with Gasteiger partial charge in [-0.2, -0.15) is 0 Å². The molecule has 1 saturated carbocycles. The Hall–Kier alpha value is -3.63. The first-order valence-electron chi connectivity index (χ1n) is 13.5. The summed E-state index contributed by atoms with van der Waals surface area (Å²) in [6, 6.07) is 11.0. The van der Waals surface area contributed by atoms with E-state index in [-0.39, 0.29) is 43.2 Å². The molecule has 2 aliphatic heterocycles. The third-order valence-electron chi connectivity index (χ3n) is 7.50. The molecule has 2 aromatic rings. The Kier molecular flexibility index (Phi) is 7.76. The Balaban J connectivity index is 1.06. The first kappa shape index (κ1) is 27.0. The third-order valence-corrected chi connectivity index (χ3v) is 7.50. The minimum absolute atomic E-state index is 0.00550. The number of hydrogen-bond acceptors (Lipinski definition) is 6. The van der Waals surface area contributed by atoms with E-state index in [1.165, 1.54) is 6.92 Å². The minimum Gasteiger partial charge on any atom is -0.491 e. The molecule has 9 nitrogen and oxygen atoms in total. The number of urea groups is 1. The van der Waals surface area contributed by atoms with Crippen molar-refractivity contribution in [3.8, 4) is 11.5 Å². The number of alkyl halides is 2. The van der Waals surface area contributed by atoms with Crippen molar-refractivity contribution in [2.75, 3.05) is 37.7 Å². The summed E-state index contributed by atoms with van der Waals surface area (Å²) in [7, 11) is 0. The number of ether oxygens (including phenoxy) is 2. The van der Waals surface area contributed by atoms with Gasteiger partial charge in [0.15, 0.2) is 0 Å². The number of benzene rings is 1. The van der Waals surface area contributed by atoms with Gasteiger partial charge in [-0.3, -0.25) is 4.79 Å². The van der Waals surface area contributed by atoms with Gasteiger partial charge >= 0.3 is 6.03 Å².